The molecule has 0 saturated carbocycles. The number of carbonyl (C=O) groups is 1. The molecule has 0 radical (unpaired) electrons. The molecule has 0 fully saturated rings. The molecule has 0 aliphatic heterocycles. The van der Waals surface area contributed by atoms with Crippen molar-refractivity contribution in [3.8, 4) is 11.5 Å². The Kier molecular flexibility index (Phi) is 5.82. The van der Waals surface area contributed by atoms with Crippen LogP contribution in [0, 0.1) is 5.82 Å². The summed E-state index contributed by atoms with van der Waals surface area (Å²) >= 11 is 5.78. The van der Waals surface area contributed by atoms with Gasteiger partial charge in [0.2, 0.25) is 0 Å². The second-order valence-electron chi connectivity index (χ2n) is 4.92. The van der Waals surface area contributed by atoms with Crippen LogP contribution < -0.4 is 14.8 Å². The van der Waals surface area contributed by atoms with E-state index in [9.17, 15) is 9.18 Å². The fourth-order valence-electron chi connectivity index (χ4n) is 2.08. The molecule has 0 aliphatic rings. The van der Waals surface area contributed by atoms with Gasteiger partial charge in [0.1, 0.15) is 17.3 Å². The van der Waals surface area contributed by atoms with Gasteiger partial charge in [0.15, 0.2) is 6.61 Å². The average molecular weight is 338 g/mol. The molecule has 6 heteroatoms. The third-order valence-corrected chi connectivity index (χ3v) is 3.47. The molecule has 122 valence electrons. The van der Waals surface area contributed by atoms with Crippen LogP contribution in [0.1, 0.15) is 18.5 Å². The number of halogens is 2. The first-order valence-corrected chi connectivity index (χ1v) is 7.38. The highest BCUT2D eigenvalue weighted by Crippen LogP contribution is 2.25. The van der Waals surface area contributed by atoms with E-state index in [4.69, 9.17) is 21.1 Å². The van der Waals surface area contributed by atoms with Crippen LogP contribution in [0.5, 0.6) is 11.5 Å². The Bertz CT molecular complexity index is 676. The monoisotopic (exact) mass is 337 g/mol. The minimum Gasteiger partial charge on any atom is -0.496 e. The van der Waals surface area contributed by atoms with Gasteiger partial charge in [-0.05, 0) is 49.4 Å². The summed E-state index contributed by atoms with van der Waals surface area (Å²) in [7, 11) is 1.49. The molecule has 23 heavy (non-hydrogen) atoms. The maximum atomic E-state index is 13.4. The number of ether oxygens (including phenoxy) is 2. The zero-order valence-electron chi connectivity index (χ0n) is 12.8. The Morgan fingerprint density at radius 3 is 2.61 bits per heavy atom. The quantitative estimate of drug-likeness (QED) is 0.873. The molecular weight excluding hydrogens is 321 g/mol. The molecule has 1 amide bonds. The molecule has 4 nitrogen and oxygen atoms in total. The SMILES string of the molecule is COc1ccc(F)cc1[C@H](C)NC(=O)COc1ccc(Cl)cc1. The van der Waals surface area contributed by atoms with Crippen LogP contribution >= 0.6 is 11.6 Å². The van der Waals surface area contributed by atoms with Crippen molar-refractivity contribution in [3.63, 3.8) is 0 Å². The van der Waals surface area contributed by atoms with E-state index in [1.165, 1.54) is 25.3 Å². The van der Waals surface area contributed by atoms with E-state index >= 15 is 0 Å². The molecule has 1 N–H and O–H groups in total. The Hall–Kier alpha value is -2.27. The minimum absolute atomic E-state index is 0.149. The molecule has 0 spiro atoms. The second kappa shape index (κ2) is 7.83. The molecule has 2 aromatic rings. The van der Waals surface area contributed by atoms with Gasteiger partial charge in [-0.2, -0.15) is 0 Å². The zero-order valence-corrected chi connectivity index (χ0v) is 13.6. The van der Waals surface area contributed by atoms with Gasteiger partial charge in [-0.3, -0.25) is 4.79 Å². The van der Waals surface area contributed by atoms with Gasteiger partial charge in [-0.1, -0.05) is 11.6 Å². The van der Waals surface area contributed by atoms with Crippen LogP contribution in [-0.4, -0.2) is 19.6 Å². The van der Waals surface area contributed by atoms with Crippen LogP contribution in [0.3, 0.4) is 0 Å². The van der Waals surface area contributed by atoms with Crippen LogP contribution in [0.2, 0.25) is 5.02 Å². The highest BCUT2D eigenvalue weighted by molar-refractivity contribution is 6.30. The maximum absolute atomic E-state index is 13.4. The lowest BCUT2D eigenvalue weighted by atomic mass is 10.1. The van der Waals surface area contributed by atoms with Gasteiger partial charge < -0.3 is 14.8 Å². The van der Waals surface area contributed by atoms with Gasteiger partial charge in [-0.25, -0.2) is 4.39 Å². The summed E-state index contributed by atoms with van der Waals surface area (Å²) < 4.78 is 23.9. The van der Waals surface area contributed by atoms with Crippen molar-refractivity contribution in [2.24, 2.45) is 0 Å². The lowest BCUT2D eigenvalue weighted by molar-refractivity contribution is -0.123. The fraction of sp³-hybridized carbons (Fsp3) is 0.235. The van der Waals surface area contributed by atoms with Gasteiger partial charge in [0.25, 0.3) is 5.91 Å². The third kappa shape index (κ3) is 4.86. The van der Waals surface area contributed by atoms with E-state index < -0.39 is 6.04 Å². The predicted octanol–water partition coefficient (Wildman–Crippen LogP) is 3.74. The lowest BCUT2D eigenvalue weighted by Crippen LogP contribution is -2.31. The highest BCUT2D eigenvalue weighted by atomic mass is 35.5. The average Bonchev–Trinajstić information content (AvgIpc) is 2.54. The Balaban J connectivity index is 1.94. The van der Waals surface area contributed by atoms with Gasteiger partial charge >= 0.3 is 0 Å². The normalized spacial score (nSPS) is 11.7. The largest absolute Gasteiger partial charge is 0.496 e. The smallest absolute Gasteiger partial charge is 0.258 e. The second-order valence-corrected chi connectivity index (χ2v) is 5.35. The molecule has 0 unspecified atom stereocenters. The number of methoxy groups -OCH3 is 1. The van der Waals surface area contributed by atoms with E-state index in [1.54, 1.807) is 31.2 Å². The van der Waals surface area contributed by atoms with Crippen molar-refractivity contribution in [3.05, 3.63) is 58.9 Å². The summed E-state index contributed by atoms with van der Waals surface area (Å²) in [5, 5.41) is 3.33. The number of rotatable bonds is 6. The first kappa shape index (κ1) is 17.1. The van der Waals surface area contributed by atoms with Crippen LogP contribution in [0.15, 0.2) is 42.5 Å². The first-order valence-electron chi connectivity index (χ1n) is 7.00. The molecule has 2 aromatic carbocycles. The summed E-state index contributed by atoms with van der Waals surface area (Å²) in [5.74, 6) is 0.344. The van der Waals surface area contributed by atoms with Crippen LogP contribution in [-0.2, 0) is 4.79 Å². The number of carbonyl (C=O) groups excluding carboxylic acids is 1. The standard InChI is InChI=1S/C17H17ClFNO3/c1-11(15-9-13(19)5-8-16(15)22-2)20-17(21)10-23-14-6-3-12(18)4-7-14/h3-9,11H,10H2,1-2H3,(H,20,21)/t11-/m0/s1. The summed E-state index contributed by atoms with van der Waals surface area (Å²) in [6, 6.07) is 10.5. The van der Waals surface area contributed by atoms with E-state index in [2.05, 4.69) is 5.32 Å². The summed E-state index contributed by atoms with van der Waals surface area (Å²) in [5.41, 5.74) is 0.562. The lowest BCUT2D eigenvalue weighted by Gasteiger charge is -2.17. The Morgan fingerprint density at radius 1 is 1.26 bits per heavy atom. The van der Waals surface area contributed by atoms with E-state index in [0.717, 1.165) is 0 Å². The van der Waals surface area contributed by atoms with Crippen molar-refractivity contribution in [2.75, 3.05) is 13.7 Å². The predicted molar refractivity (Wildman–Crippen MR) is 86.5 cm³/mol. The summed E-state index contributed by atoms with van der Waals surface area (Å²) in [6.45, 7) is 1.60. The fourth-order valence-corrected chi connectivity index (χ4v) is 2.21. The van der Waals surface area contributed by atoms with Crippen molar-refractivity contribution >= 4 is 17.5 Å². The minimum atomic E-state index is -0.415. The number of hydrogen-bond donors (Lipinski definition) is 1. The van der Waals surface area contributed by atoms with Crippen LogP contribution in [0.4, 0.5) is 4.39 Å². The zero-order chi connectivity index (χ0) is 16.8. The van der Waals surface area contributed by atoms with Crippen molar-refractivity contribution in [1.82, 2.24) is 5.32 Å². The molecule has 1 atom stereocenters. The molecule has 0 bridgehead atoms. The van der Waals surface area contributed by atoms with Gasteiger partial charge in [-0.15, -0.1) is 0 Å². The van der Waals surface area contributed by atoms with E-state index in [0.29, 0.717) is 22.1 Å². The van der Waals surface area contributed by atoms with Crippen molar-refractivity contribution in [2.45, 2.75) is 13.0 Å². The first-order chi connectivity index (χ1) is 11.0. The number of nitrogens with one attached hydrogen (secondary N) is 1. The maximum Gasteiger partial charge on any atom is 0.258 e. The van der Waals surface area contributed by atoms with Gasteiger partial charge in [0, 0.05) is 10.6 Å². The molecule has 0 aromatic heterocycles. The number of hydrogen-bond acceptors (Lipinski definition) is 3. The summed E-state index contributed by atoms with van der Waals surface area (Å²) in [6.07, 6.45) is 0. The Labute approximate surface area is 139 Å². The molecule has 2 rings (SSSR count). The highest BCUT2D eigenvalue weighted by Gasteiger charge is 2.15. The van der Waals surface area contributed by atoms with Crippen molar-refractivity contribution in [1.29, 1.82) is 0 Å². The number of amides is 1. The Morgan fingerprint density at radius 2 is 1.96 bits per heavy atom. The van der Waals surface area contributed by atoms with E-state index in [1.807, 2.05) is 0 Å². The van der Waals surface area contributed by atoms with Gasteiger partial charge in [0.05, 0.1) is 13.2 Å². The third-order valence-electron chi connectivity index (χ3n) is 3.22. The van der Waals surface area contributed by atoms with Crippen molar-refractivity contribution < 1.29 is 18.7 Å². The topological polar surface area (TPSA) is 47.6 Å². The number of benzene rings is 2. The van der Waals surface area contributed by atoms with Crippen LogP contribution in [0.25, 0.3) is 0 Å². The summed E-state index contributed by atoms with van der Waals surface area (Å²) in [4.78, 5) is 12.0. The molecule has 0 heterocycles. The molecular formula is C17H17ClFNO3. The van der Waals surface area contributed by atoms with E-state index in [-0.39, 0.29) is 18.3 Å². The molecule has 0 aliphatic carbocycles. The molecule has 0 saturated heterocycles.